The molecule has 3 heterocycles. The molecule has 0 saturated carbocycles. The number of carbonyl (C=O) groups excluding carboxylic acids is 1. The quantitative estimate of drug-likeness (QED) is 0.804. The number of halogens is 1. The van der Waals surface area contributed by atoms with E-state index < -0.39 is 0 Å². The van der Waals surface area contributed by atoms with Gasteiger partial charge in [-0.1, -0.05) is 12.1 Å². The lowest BCUT2D eigenvalue weighted by Gasteiger charge is -2.38. The van der Waals surface area contributed by atoms with Crippen LogP contribution in [0.25, 0.3) is 0 Å². The van der Waals surface area contributed by atoms with Crippen molar-refractivity contribution in [3.05, 3.63) is 53.1 Å². The Hall–Kier alpha value is -2.69. The van der Waals surface area contributed by atoms with E-state index >= 15 is 0 Å². The van der Waals surface area contributed by atoms with Crippen LogP contribution in [0.3, 0.4) is 0 Å². The molecule has 1 amide bonds. The van der Waals surface area contributed by atoms with Crippen molar-refractivity contribution in [3.63, 3.8) is 0 Å². The molecule has 7 nitrogen and oxygen atoms in total. The van der Waals surface area contributed by atoms with Crippen molar-refractivity contribution in [2.75, 3.05) is 32.1 Å². The molecule has 0 bridgehead atoms. The fraction of sp³-hybridized carbons (Fsp3) is 0.400. The van der Waals surface area contributed by atoms with E-state index in [0.717, 1.165) is 42.2 Å². The van der Waals surface area contributed by atoms with Crippen molar-refractivity contribution in [2.24, 2.45) is 4.99 Å². The number of aliphatic imine (C=N–C) groups is 1. The molecule has 1 aromatic heterocycles. The highest BCUT2D eigenvalue weighted by Gasteiger charge is 2.32. The minimum absolute atomic E-state index is 0.0116. The van der Waals surface area contributed by atoms with Gasteiger partial charge in [0.1, 0.15) is 5.88 Å². The maximum atomic E-state index is 11.9. The van der Waals surface area contributed by atoms with Crippen LogP contribution in [0.2, 0.25) is 0 Å². The summed E-state index contributed by atoms with van der Waals surface area (Å²) < 4.78 is 0. The maximum Gasteiger partial charge on any atom is 0.237 e. The molecule has 4 rings (SSSR count). The van der Waals surface area contributed by atoms with E-state index in [1.165, 1.54) is 0 Å². The summed E-state index contributed by atoms with van der Waals surface area (Å²) in [7, 11) is 0. The molecule has 28 heavy (non-hydrogen) atoms. The van der Waals surface area contributed by atoms with E-state index in [0.29, 0.717) is 25.2 Å². The van der Waals surface area contributed by atoms with Gasteiger partial charge < -0.3 is 9.88 Å². The predicted octanol–water partition coefficient (Wildman–Crippen LogP) is 2.10. The number of piperazine rings is 1. The van der Waals surface area contributed by atoms with Crippen molar-refractivity contribution < 1.29 is 4.79 Å². The number of nitriles is 1. The number of amides is 1. The number of fused-ring (bicyclic) bond motifs is 1. The minimum Gasteiger partial charge on any atom is -0.347 e. The predicted molar refractivity (Wildman–Crippen MR) is 106 cm³/mol. The first-order valence-electron chi connectivity index (χ1n) is 9.33. The van der Waals surface area contributed by atoms with Crippen LogP contribution in [0.1, 0.15) is 35.0 Å². The Bertz CT molecular complexity index is 921. The largest absolute Gasteiger partial charge is 0.347 e. The fourth-order valence-corrected chi connectivity index (χ4v) is 4.05. The SMILES string of the molecule is N#Cc1ccc(C2=NCc3[nH]cnc3C(N3CCN(C(=O)CCl)CC3)C2)cc1. The molecule has 1 unspecified atom stereocenters. The van der Waals surface area contributed by atoms with E-state index in [-0.39, 0.29) is 17.8 Å². The number of nitrogens with one attached hydrogen (secondary N) is 1. The smallest absolute Gasteiger partial charge is 0.237 e. The molecule has 2 aliphatic heterocycles. The molecule has 1 N–H and O–H groups in total. The Morgan fingerprint density at radius 3 is 2.68 bits per heavy atom. The van der Waals surface area contributed by atoms with E-state index in [4.69, 9.17) is 21.9 Å². The highest BCUT2D eigenvalue weighted by molar-refractivity contribution is 6.27. The monoisotopic (exact) mass is 396 g/mol. The lowest BCUT2D eigenvalue weighted by atomic mass is 9.98. The van der Waals surface area contributed by atoms with Gasteiger partial charge in [0.25, 0.3) is 0 Å². The highest BCUT2D eigenvalue weighted by Crippen LogP contribution is 2.31. The highest BCUT2D eigenvalue weighted by atomic mass is 35.5. The minimum atomic E-state index is -0.0116. The standard InChI is InChI=1S/C20H21ClN6O/c21-10-19(28)27-7-5-26(6-8-27)18-9-16(15-3-1-14(11-22)2-4-15)23-12-17-20(18)25-13-24-17/h1-4,13,18H,5-10,12H2,(H,24,25). The molecule has 2 aliphatic rings. The van der Waals surface area contributed by atoms with Gasteiger partial charge in [-0.15, -0.1) is 11.6 Å². The van der Waals surface area contributed by atoms with E-state index in [9.17, 15) is 4.79 Å². The molecule has 1 fully saturated rings. The summed E-state index contributed by atoms with van der Waals surface area (Å²) in [6, 6.07) is 9.82. The van der Waals surface area contributed by atoms with E-state index in [2.05, 4.69) is 20.9 Å². The number of rotatable bonds is 3. The van der Waals surface area contributed by atoms with Gasteiger partial charge in [0.05, 0.1) is 41.9 Å². The van der Waals surface area contributed by atoms with Gasteiger partial charge in [-0.05, 0) is 17.7 Å². The number of carbonyl (C=O) groups is 1. The van der Waals surface area contributed by atoms with Gasteiger partial charge in [0.15, 0.2) is 0 Å². The number of benzene rings is 1. The summed E-state index contributed by atoms with van der Waals surface area (Å²) >= 11 is 5.70. The van der Waals surface area contributed by atoms with E-state index in [1.54, 1.807) is 6.33 Å². The molecule has 2 aromatic rings. The van der Waals surface area contributed by atoms with Crippen LogP contribution in [0, 0.1) is 11.3 Å². The lowest BCUT2D eigenvalue weighted by Crippen LogP contribution is -2.50. The molecular formula is C20H21ClN6O. The van der Waals surface area contributed by atoms with Crippen molar-refractivity contribution in [1.82, 2.24) is 19.8 Å². The number of imidazole rings is 1. The van der Waals surface area contributed by atoms with Crippen LogP contribution in [0.15, 0.2) is 35.6 Å². The Balaban J connectivity index is 1.56. The van der Waals surface area contributed by atoms with Crippen molar-refractivity contribution in [1.29, 1.82) is 5.26 Å². The molecule has 0 aliphatic carbocycles. The number of nitrogens with zero attached hydrogens (tertiary/aromatic N) is 5. The normalized spacial score (nSPS) is 20.1. The zero-order chi connectivity index (χ0) is 19.5. The third kappa shape index (κ3) is 3.66. The van der Waals surface area contributed by atoms with Gasteiger partial charge in [-0.25, -0.2) is 4.98 Å². The average Bonchev–Trinajstić information content (AvgIpc) is 3.14. The molecule has 144 valence electrons. The molecule has 1 saturated heterocycles. The zero-order valence-corrected chi connectivity index (χ0v) is 16.2. The summed E-state index contributed by atoms with van der Waals surface area (Å²) in [6.07, 6.45) is 2.47. The third-order valence-electron chi connectivity index (χ3n) is 5.45. The summed E-state index contributed by atoms with van der Waals surface area (Å²) in [5.41, 5.74) is 4.75. The van der Waals surface area contributed by atoms with Crippen molar-refractivity contribution in [2.45, 2.75) is 19.0 Å². The summed E-state index contributed by atoms with van der Waals surface area (Å²) in [4.78, 5) is 28.7. The van der Waals surface area contributed by atoms with Gasteiger partial charge in [0, 0.05) is 38.3 Å². The number of hydrogen-bond acceptors (Lipinski definition) is 5. The molecule has 8 heteroatoms. The summed E-state index contributed by atoms with van der Waals surface area (Å²) in [5, 5.41) is 9.03. The van der Waals surface area contributed by atoms with Crippen LogP contribution in [0.4, 0.5) is 0 Å². The number of hydrogen-bond donors (Lipinski definition) is 1. The van der Waals surface area contributed by atoms with Crippen LogP contribution < -0.4 is 0 Å². The Morgan fingerprint density at radius 2 is 2.00 bits per heavy atom. The van der Waals surface area contributed by atoms with Crippen LogP contribution in [0.5, 0.6) is 0 Å². The van der Waals surface area contributed by atoms with Crippen LogP contribution in [-0.2, 0) is 11.3 Å². The first kappa shape index (κ1) is 18.7. The Morgan fingerprint density at radius 1 is 1.25 bits per heavy atom. The number of H-pyrrole nitrogens is 1. The topological polar surface area (TPSA) is 88.4 Å². The third-order valence-corrected chi connectivity index (χ3v) is 5.68. The number of alkyl halides is 1. The molecule has 0 spiro atoms. The second-order valence-corrected chi connectivity index (χ2v) is 7.26. The first-order valence-corrected chi connectivity index (χ1v) is 9.87. The fourth-order valence-electron chi connectivity index (χ4n) is 3.88. The molecule has 0 radical (unpaired) electrons. The molecule has 1 atom stereocenters. The second-order valence-electron chi connectivity index (χ2n) is 6.99. The second kappa shape index (κ2) is 8.13. The number of aromatic amines is 1. The zero-order valence-electron chi connectivity index (χ0n) is 15.4. The van der Waals surface area contributed by atoms with E-state index in [1.807, 2.05) is 29.2 Å². The van der Waals surface area contributed by atoms with Gasteiger partial charge in [-0.3, -0.25) is 14.7 Å². The van der Waals surface area contributed by atoms with Crippen molar-refractivity contribution >= 4 is 23.2 Å². The number of aromatic nitrogens is 2. The first-order chi connectivity index (χ1) is 13.7. The summed E-state index contributed by atoms with van der Waals surface area (Å²) in [5.74, 6) is 0.0186. The van der Waals surface area contributed by atoms with Crippen LogP contribution >= 0.6 is 11.6 Å². The van der Waals surface area contributed by atoms with Crippen molar-refractivity contribution in [3.8, 4) is 6.07 Å². The molecular weight excluding hydrogens is 376 g/mol. The Labute approximate surface area is 168 Å². The molecule has 1 aromatic carbocycles. The van der Waals surface area contributed by atoms with Gasteiger partial charge >= 0.3 is 0 Å². The maximum absolute atomic E-state index is 11.9. The van der Waals surface area contributed by atoms with Crippen LogP contribution in [-0.4, -0.2) is 63.4 Å². The van der Waals surface area contributed by atoms with Gasteiger partial charge in [-0.2, -0.15) is 5.26 Å². The average molecular weight is 397 g/mol. The lowest BCUT2D eigenvalue weighted by molar-refractivity contribution is -0.130. The Kier molecular flexibility index (Phi) is 5.42. The summed E-state index contributed by atoms with van der Waals surface area (Å²) in [6.45, 7) is 3.46. The van der Waals surface area contributed by atoms with Gasteiger partial charge in [0.2, 0.25) is 5.91 Å².